The van der Waals surface area contributed by atoms with Crippen LogP contribution >= 0.6 is 7.60 Å². The summed E-state index contributed by atoms with van der Waals surface area (Å²) >= 11 is 0. The summed E-state index contributed by atoms with van der Waals surface area (Å²) in [6.45, 7) is 5.96. The highest BCUT2D eigenvalue weighted by Gasteiger charge is 2.34. The van der Waals surface area contributed by atoms with E-state index >= 15 is 0 Å². The molecule has 1 heterocycles. The summed E-state index contributed by atoms with van der Waals surface area (Å²) in [7, 11) is -3.67. The van der Waals surface area contributed by atoms with E-state index in [0.717, 1.165) is 17.4 Å². The second-order valence-corrected chi connectivity index (χ2v) is 5.90. The number of aromatic amines is 1. The lowest BCUT2D eigenvalue weighted by Gasteiger charge is -2.15. The SMILES string of the molecule is CCCCn1c(O)c(P(=O)(OCC)OCC)[nH]c1=O. The number of imidazole rings is 1. The van der Waals surface area contributed by atoms with E-state index in [4.69, 9.17) is 9.05 Å². The van der Waals surface area contributed by atoms with Gasteiger partial charge in [-0.15, -0.1) is 0 Å². The summed E-state index contributed by atoms with van der Waals surface area (Å²) in [4.78, 5) is 14.1. The lowest BCUT2D eigenvalue weighted by molar-refractivity contribution is 0.228. The van der Waals surface area contributed by atoms with Gasteiger partial charge in [-0.2, -0.15) is 0 Å². The van der Waals surface area contributed by atoms with E-state index in [-0.39, 0.29) is 24.5 Å². The summed E-state index contributed by atoms with van der Waals surface area (Å²) in [6.07, 6.45) is 1.61. The average molecular weight is 292 g/mol. The zero-order valence-corrected chi connectivity index (χ0v) is 12.4. The molecule has 0 aromatic carbocycles. The van der Waals surface area contributed by atoms with Gasteiger partial charge in [-0.3, -0.25) is 14.1 Å². The molecule has 0 radical (unpaired) electrons. The van der Waals surface area contributed by atoms with Gasteiger partial charge in [0, 0.05) is 6.54 Å². The molecular formula is C11H21N2O5P. The summed E-state index contributed by atoms with van der Waals surface area (Å²) in [6, 6.07) is 0. The number of nitrogens with zero attached hydrogens (tertiary/aromatic N) is 1. The molecule has 0 fully saturated rings. The lowest BCUT2D eigenvalue weighted by Crippen LogP contribution is -2.17. The molecular weight excluding hydrogens is 271 g/mol. The van der Waals surface area contributed by atoms with Crippen LogP contribution < -0.4 is 11.1 Å². The molecule has 0 spiro atoms. The van der Waals surface area contributed by atoms with Crippen molar-refractivity contribution in [1.82, 2.24) is 9.55 Å². The molecule has 19 heavy (non-hydrogen) atoms. The zero-order valence-electron chi connectivity index (χ0n) is 11.5. The number of nitrogens with one attached hydrogen (secondary N) is 1. The maximum Gasteiger partial charge on any atom is 0.383 e. The third-order valence-corrected chi connectivity index (χ3v) is 4.60. The van der Waals surface area contributed by atoms with Gasteiger partial charge in [-0.1, -0.05) is 13.3 Å². The highest BCUT2D eigenvalue weighted by Crippen LogP contribution is 2.48. The van der Waals surface area contributed by atoms with Crippen molar-refractivity contribution in [3.05, 3.63) is 10.5 Å². The molecule has 1 rings (SSSR count). The van der Waals surface area contributed by atoms with Crippen molar-refractivity contribution in [2.45, 2.75) is 40.2 Å². The quantitative estimate of drug-likeness (QED) is 0.709. The Kier molecular flexibility index (Phi) is 5.85. The van der Waals surface area contributed by atoms with E-state index in [1.807, 2.05) is 6.92 Å². The third kappa shape index (κ3) is 3.49. The number of hydrogen-bond donors (Lipinski definition) is 2. The van der Waals surface area contributed by atoms with Gasteiger partial charge in [-0.05, 0) is 20.3 Å². The fourth-order valence-electron chi connectivity index (χ4n) is 1.67. The largest absolute Gasteiger partial charge is 0.493 e. The first kappa shape index (κ1) is 16.0. The zero-order chi connectivity index (χ0) is 14.5. The fourth-order valence-corrected chi connectivity index (χ4v) is 3.28. The fraction of sp³-hybridized carbons (Fsp3) is 0.727. The molecule has 1 aromatic heterocycles. The van der Waals surface area contributed by atoms with Crippen LogP contribution in [0.2, 0.25) is 0 Å². The smallest absolute Gasteiger partial charge is 0.383 e. The second kappa shape index (κ2) is 6.93. The minimum absolute atomic E-state index is 0.152. The van der Waals surface area contributed by atoms with Gasteiger partial charge in [0.25, 0.3) is 0 Å². The van der Waals surface area contributed by atoms with Crippen molar-refractivity contribution >= 4 is 13.0 Å². The Hall–Kier alpha value is -1.04. The lowest BCUT2D eigenvalue weighted by atomic mass is 10.3. The van der Waals surface area contributed by atoms with Crippen LogP contribution in [-0.2, 0) is 20.2 Å². The van der Waals surface area contributed by atoms with Crippen LogP contribution in [0, 0.1) is 0 Å². The van der Waals surface area contributed by atoms with E-state index in [0.29, 0.717) is 6.54 Å². The highest BCUT2D eigenvalue weighted by atomic mass is 31.2. The molecule has 0 bridgehead atoms. The van der Waals surface area contributed by atoms with Gasteiger partial charge < -0.3 is 14.2 Å². The van der Waals surface area contributed by atoms with E-state index in [9.17, 15) is 14.5 Å². The number of aromatic nitrogens is 2. The average Bonchev–Trinajstić information content (AvgIpc) is 2.64. The second-order valence-electron chi connectivity index (χ2n) is 3.94. The summed E-state index contributed by atoms with van der Waals surface area (Å²) < 4.78 is 23.8. The molecule has 110 valence electrons. The Morgan fingerprint density at radius 2 is 1.84 bits per heavy atom. The van der Waals surface area contributed by atoms with Crippen molar-refractivity contribution in [2.75, 3.05) is 13.2 Å². The first-order valence-corrected chi connectivity index (χ1v) is 7.95. The first-order valence-electron chi connectivity index (χ1n) is 6.41. The van der Waals surface area contributed by atoms with Gasteiger partial charge in [0.1, 0.15) is 0 Å². The Bertz CT molecular complexity index is 498. The summed E-state index contributed by atoms with van der Waals surface area (Å²) in [5.74, 6) is -0.372. The molecule has 0 saturated heterocycles. The summed E-state index contributed by atoms with van der Waals surface area (Å²) in [5.41, 5.74) is -0.683. The number of hydrogen-bond acceptors (Lipinski definition) is 5. The minimum Gasteiger partial charge on any atom is -0.493 e. The molecule has 0 unspecified atom stereocenters. The Morgan fingerprint density at radius 3 is 2.32 bits per heavy atom. The van der Waals surface area contributed by atoms with Crippen LogP contribution in [0.1, 0.15) is 33.6 Å². The van der Waals surface area contributed by atoms with E-state index in [1.165, 1.54) is 0 Å². The maximum absolute atomic E-state index is 12.5. The molecule has 0 aliphatic rings. The van der Waals surface area contributed by atoms with Crippen molar-refractivity contribution in [3.63, 3.8) is 0 Å². The number of aromatic hydroxyl groups is 1. The molecule has 0 atom stereocenters. The number of unbranched alkanes of at least 4 members (excludes halogenated alkanes) is 1. The monoisotopic (exact) mass is 292 g/mol. The molecule has 7 nitrogen and oxygen atoms in total. The van der Waals surface area contributed by atoms with Gasteiger partial charge in [-0.25, -0.2) is 4.79 Å². The Morgan fingerprint density at radius 1 is 1.26 bits per heavy atom. The van der Waals surface area contributed by atoms with Crippen LogP contribution in [0.4, 0.5) is 0 Å². The number of rotatable bonds is 8. The van der Waals surface area contributed by atoms with Crippen molar-refractivity contribution < 1.29 is 18.7 Å². The van der Waals surface area contributed by atoms with E-state index in [2.05, 4.69) is 4.98 Å². The molecule has 1 aromatic rings. The molecule has 0 saturated carbocycles. The van der Waals surface area contributed by atoms with Crippen molar-refractivity contribution in [2.24, 2.45) is 0 Å². The molecule has 0 aliphatic heterocycles. The standard InChI is InChI=1S/C11H21N2O5P/c1-4-7-8-13-10(14)9(12-11(13)15)19(16,17-5-2)18-6-3/h14H,4-8H2,1-3H3,(H,12,15). The van der Waals surface area contributed by atoms with Gasteiger partial charge in [0.05, 0.1) is 13.2 Å². The van der Waals surface area contributed by atoms with Crippen molar-refractivity contribution in [3.8, 4) is 5.88 Å². The Balaban J connectivity index is 3.18. The predicted octanol–water partition coefficient (Wildman–Crippen LogP) is 1.57. The minimum atomic E-state index is -3.67. The van der Waals surface area contributed by atoms with Crippen LogP contribution in [0.15, 0.2) is 4.79 Å². The first-order chi connectivity index (χ1) is 9.00. The van der Waals surface area contributed by atoms with Crippen molar-refractivity contribution in [1.29, 1.82) is 0 Å². The van der Waals surface area contributed by atoms with Gasteiger partial charge in [0.2, 0.25) is 5.88 Å². The topological polar surface area (TPSA) is 93.6 Å². The molecule has 0 aliphatic carbocycles. The number of H-pyrrole nitrogens is 1. The third-order valence-electron chi connectivity index (χ3n) is 2.55. The van der Waals surface area contributed by atoms with Gasteiger partial charge in [0.15, 0.2) is 5.44 Å². The predicted molar refractivity (Wildman–Crippen MR) is 72.1 cm³/mol. The van der Waals surface area contributed by atoms with E-state index < -0.39 is 13.3 Å². The Labute approximate surface area is 112 Å². The normalized spacial score (nSPS) is 11.9. The highest BCUT2D eigenvalue weighted by molar-refractivity contribution is 7.62. The molecule has 2 N–H and O–H groups in total. The van der Waals surface area contributed by atoms with Crippen LogP contribution in [0.5, 0.6) is 5.88 Å². The van der Waals surface area contributed by atoms with Crippen LogP contribution in [0.3, 0.4) is 0 Å². The van der Waals surface area contributed by atoms with Crippen LogP contribution in [-0.4, -0.2) is 27.9 Å². The molecule has 0 amide bonds. The molecule has 8 heteroatoms. The van der Waals surface area contributed by atoms with Crippen LogP contribution in [0.25, 0.3) is 0 Å². The van der Waals surface area contributed by atoms with Gasteiger partial charge >= 0.3 is 13.3 Å². The maximum atomic E-state index is 12.5. The summed E-state index contributed by atoms with van der Waals surface area (Å²) in [5, 5.41) is 10.0. The van der Waals surface area contributed by atoms with E-state index in [1.54, 1.807) is 13.8 Å².